The molecule has 6 nitrogen and oxygen atoms in total. The van der Waals surface area contributed by atoms with E-state index in [4.69, 9.17) is 4.74 Å². The zero-order chi connectivity index (χ0) is 16.2. The summed E-state index contributed by atoms with van der Waals surface area (Å²) >= 11 is 3.39. The van der Waals surface area contributed by atoms with Crippen molar-refractivity contribution >= 4 is 15.9 Å². The van der Waals surface area contributed by atoms with Crippen molar-refractivity contribution in [2.75, 3.05) is 0 Å². The third kappa shape index (κ3) is 3.76. The number of halogens is 1. The first kappa shape index (κ1) is 15.7. The summed E-state index contributed by atoms with van der Waals surface area (Å²) in [5.74, 6) is 0.969. The Hall–Kier alpha value is -2.22. The van der Waals surface area contributed by atoms with Gasteiger partial charge in [-0.3, -0.25) is 0 Å². The van der Waals surface area contributed by atoms with Crippen LogP contribution in [0.25, 0.3) is 5.82 Å². The molecule has 2 heterocycles. The molecular weight excluding hydrogens is 362 g/mol. The van der Waals surface area contributed by atoms with Crippen molar-refractivity contribution in [2.45, 2.75) is 12.9 Å². The van der Waals surface area contributed by atoms with Crippen LogP contribution in [-0.2, 0) is 6.61 Å². The Labute approximate surface area is 141 Å². The van der Waals surface area contributed by atoms with Crippen LogP contribution < -0.4 is 4.74 Å². The van der Waals surface area contributed by atoms with Crippen molar-refractivity contribution in [1.29, 1.82) is 0 Å². The highest BCUT2D eigenvalue weighted by atomic mass is 79.9. The maximum atomic E-state index is 9.25. The number of aliphatic hydroxyl groups excluding tert-OH is 1. The summed E-state index contributed by atoms with van der Waals surface area (Å²) in [7, 11) is 0. The summed E-state index contributed by atoms with van der Waals surface area (Å²) < 4.78 is 8.29. The van der Waals surface area contributed by atoms with Crippen LogP contribution in [0, 0.1) is 0 Å². The molecule has 0 aliphatic carbocycles. The monoisotopic (exact) mass is 375 g/mol. The minimum absolute atomic E-state index is 0.337. The molecule has 3 rings (SSSR count). The molecule has 3 aromatic rings. The van der Waals surface area contributed by atoms with Gasteiger partial charge < -0.3 is 14.9 Å². The smallest absolute Gasteiger partial charge is 0.218 e. The molecule has 0 spiro atoms. The van der Waals surface area contributed by atoms with Gasteiger partial charge in [-0.2, -0.15) is 9.78 Å². The second kappa shape index (κ2) is 6.91. The lowest BCUT2D eigenvalue weighted by atomic mass is 10.2. The van der Waals surface area contributed by atoms with Gasteiger partial charge in [0, 0.05) is 22.3 Å². The molecular formula is C16H14BrN3O3. The molecule has 0 amide bonds. The highest BCUT2D eigenvalue weighted by Gasteiger charge is 2.10. The first-order valence-corrected chi connectivity index (χ1v) is 7.66. The van der Waals surface area contributed by atoms with Crippen LogP contribution in [0.5, 0.6) is 5.88 Å². The number of ether oxygens (including phenoxy) is 1. The number of benzene rings is 1. The number of hydrogen-bond donors (Lipinski definition) is 2. The van der Waals surface area contributed by atoms with Gasteiger partial charge in [0.15, 0.2) is 12.1 Å². The number of hydrogen-bond acceptors (Lipinski definition) is 5. The van der Waals surface area contributed by atoms with E-state index < -0.39 is 6.29 Å². The molecule has 0 fully saturated rings. The van der Waals surface area contributed by atoms with Gasteiger partial charge in [0.25, 0.3) is 0 Å². The average molecular weight is 376 g/mol. The molecule has 23 heavy (non-hydrogen) atoms. The van der Waals surface area contributed by atoms with Crippen molar-refractivity contribution in [2.24, 2.45) is 0 Å². The Bertz CT molecular complexity index is 787. The lowest BCUT2D eigenvalue weighted by molar-refractivity contribution is -0.0425. The molecule has 0 bridgehead atoms. The minimum Gasteiger partial charge on any atom is -0.473 e. The molecule has 0 unspecified atom stereocenters. The lowest BCUT2D eigenvalue weighted by Crippen LogP contribution is -2.06. The van der Waals surface area contributed by atoms with E-state index in [1.54, 1.807) is 18.3 Å². The van der Waals surface area contributed by atoms with Crippen molar-refractivity contribution in [1.82, 2.24) is 14.8 Å². The second-order valence-corrected chi connectivity index (χ2v) is 5.73. The minimum atomic E-state index is -1.56. The van der Waals surface area contributed by atoms with E-state index in [-0.39, 0.29) is 0 Å². The van der Waals surface area contributed by atoms with Gasteiger partial charge in [-0.25, -0.2) is 4.98 Å². The summed E-state index contributed by atoms with van der Waals surface area (Å²) in [5, 5.41) is 22.7. The Morgan fingerprint density at radius 3 is 2.61 bits per heavy atom. The van der Waals surface area contributed by atoms with Crippen LogP contribution in [0.3, 0.4) is 0 Å². The molecule has 1 aromatic carbocycles. The number of rotatable bonds is 5. The van der Waals surface area contributed by atoms with Crippen LogP contribution in [0.2, 0.25) is 0 Å². The SMILES string of the molecule is OC(O)c1ccnc(-n2nccc2OCc2ccc(Br)cc2)c1. The van der Waals surface area contributed by atoms with E-state index in [9.17, 15) is 10.2 Å². The van der Waals surface area contributed by atoms with E-state index in [2.05, 4.69) is 26.0 Å². The van der Waals surface area contributed by atoms with Gasteiger partial charge in [-0.15, -0.1) is 0 Å². The van der Waals surface area contributed by atoms with E-state index in [1.165, 1.54) is 16.9 Å². The van der Waals surface area contributed by atoms with Gasteiger partial charge in [0.1, 0.15) is 6.61 Å². The largest absolute Gasteiger partial charge is 0.473 e. The zero-order valence-electron chi connectivity index (χ0n) is 12.0. The molecule has 0 aliphatic rings. The molecule has 118 valence electrons. The average Bonchev–Trinajstić information content (AvgIpc) is 3.03. The van der Waals surface area contributed by atoms with E-state index in [1.807, 2.05) is 24.3 Å². The summed E-state index contributed by atoms with van der Waals surface area (Å²) in [6.45, 7) is 0.390. The summed E-state index contributed by atoms with van der Waals surface area (Å²) in [4.78, 5) is 4.18. The molecule has 7 heteroatoms. The Morgan fingerprint density at radius 1 is 1.09 bits per heavy atom. The maximum absolute atomic E-state index is 9.25. The molecule has 0 saturated heterocycles. The standard InChI is InChI=1S/C16H14BrN3O3/c17-13-3-1-11(2-4-13)10-23-15-6-8-19-20(15)14-9-12(16(21)22)5-7-18-14/h1-9,16,21-22H,10H2. The Kier molecular flexibility index (Phi) is 4.71. The third-order valence-corrected chi connectivity index (χ3v) is 3.72. The van der Waals surface area contributed by atoms with Crippen LogP contribution >= 0.6 is 15.9 Å². The highest BCUT2D eigenvalue weighted by molar-refractivity contribution is 9.10. The summed E-state index contributed by atoms with van der Waals surface area (Å²) in [6, 6.07) is 12.6. The number of aliphatic hydroxyl groups is 2. The first-order valence-electron chi connectivity index (χ1n) is 6.87. The van der Waals surface area contributed by atoms with Gasteiger partial charge >= 0.3 is 0 Å². The zero-order valence-corrected chi connectivity index (χ0v) is 13.6. The molecule has 2 aromatic heterocycles. The first-order chi connectivity index (χ1) is 11.1. The van der Waals surface area contributed by atoms with E-state index >= 15 is 0 Å². The normalized spacial score (nSPS) is 11.0. The van der Waals surface area contributed by atoms with Crippen LogP contribution in [-0.4, -0.2) is 25.0 Å². The second-order valence-electron chi connectivity index (χ2n) is 4.82. The van der Waals surface area contributed by atoms with Crippen molar-refractivity contribution < 1.29 is 14.9 Å². The Balaban J connectivity index is 1.79. The lowest BCUT2D eigenvalue weighted by Gasteiger charge is -2.10. The van der Waals surface area contributed by atoms with Gasteiger partial charge in [-0.1, -0.05) is 28.1 Å². The van der Waals surface area contributed by atoms with Gasteiger partial charge in [0.05, 0.1) is 6.20 Å². The quantitative estimate of drug-likeness (QED) is 0.670. The van der Waals surface area contributed by atoms with Gasteiger partial charge in [0.2, 0.25) is 5.88 Å². The number of nitrogens with zero attached hydrogens (tertiary/aromatic N) is 3. The molecule has 0 saturated carbocycles. The van der Waals surface area contributed by atoms with Crippen LogP contribution in [0.1, 0.15) is 17.4 Å². The van der Waals surface area contributed by atoms with Crippen molar-refractivity contribution in [3.8, 4) is 11.7 Å². The highest BCUT2D eigenvalue weighted by Crippen LogP contribution is 2.19. The maximum Gasteiger partial charge on any atom is 0.218 e. The fraction of sp³-hybridized carbons (Fsp3) is 0.125. The molecule has 0 aliphatic heterocycles. The number of aromatic nitrogens is 3. The van der Waals surface area contributed by atoms with E-state index in [0.717, 1.165) is 10.0 Å². The predicted molar refractivity (Wildman–Crippen MR) is 87.0 cm³/mol. The summed E-state index contributed by atoms with van der Waals surface area (Å²) in [6.07, 6.45) is 1.53. The fourth-order valence-electron chi connectivity index (χ4n) is 2.02. The van der Waals surface area contributed by atoms with Crippen molar-refractivity contribution in [3.63, 3.8) is 0 Å². The molecule has 0 radical (unpaired) electrons. The third-order valence-electron chi connectivity index (χ3n) is 3.19. The van der Waals surface area contributed by atoms with E-state index in [0.29, 0.717) is 23.9 Å². The van der Waals surface area contributed by atoms with Gasteiger partial charge in [-0.05, 0) is 29.8 Å². The predicted octanol–water partition coefficient (Wildman–Crippen LogP) is 2.59. The van der Waals surface area contributed by atoms with Crippen molar-refractivity contribution in [3.05, 3.63) is 70.5 Å². The topological polar surface area (TPSA) is 80.4 Å². The van der Waals surface area contributed by atoms with Crippen LogP contribution in [0.15, 0.2) is 59.3 Å². The fourth-order valence-corrected chi connectivity index (χ4v) is 2.29. The molecule has 2 N–H and O–H groups in total. The molecule has 0 atom stereocenters. The summed E-state index contributed by atoms with van der Waals surface area (Å²) in [5.41, 5.74) is 1.36. The number of pyridine rings is 1. The Morgan fingerprint density at radius 2 is 1.87 bits per heavy atom. The van der Waals surface area contributed by atoms with Crippen LogP contribution in [0.4, 0.5) is 0 Å².